The number of aryl methyl sites for hydroxylation is 3. The highest BCUT2D eigenvalue weighted by Gasteiger charge is 2.15. The Morgan fingerprint density at radius 3 is 2.60 bits per heavy atom. The summed E-state index contributed by atoms with van der Waals surface area (Å²) in [4.78, 5) is 4.58. The van der Waals surface area contributed by atoms with E-state index >= 15 is 0 Å². The van der Waals surface area contributed by atoms with Crippen LogP contribution in [0.15, 0.2) is 24.5 Å². The lowest BCUT2D eigenvalue weighted by atomic mass is 10.00. The van der Waals surface area contributed by atoms with Crippen molar-refractivity contribution in [3.63, 3.8) is 0 Å². The van der Waals surface area contributed by atoms with E-state index in [1.807, 2.05) is 30.1 Å². The van der Waals surface area contributed by atoms with E-state index in [-0.39, 0.29) is 6.04 Å². The van der Waals surface area contributed by atoms with E-state index in [0.717, 1.165) is 17.9 Å². The summed E-state index contributed by atoms with van der Waals surface area (Å²) in [7, 11) is 0. The van der Waals surface area contributed by atoms with Gasteiger partial charge in [-0.2, -0.15) is 5.10 Å². The smallest absolute Gasteiger partial charge is 0.0560 e. The van der Waals surface area contributed by atoms with E-state index in [4.69, 9.17) is 0 Å². The van der Waals surface area contributed by atoms with Crippen LogP contribution in [0.4, 0.5) is 0 Å². The summed E-state index contributed by atoms with van der Waals surface area (Å²) < 4.78 is 1.96. The second-order valence-electron chi connectivity index (χ2n) is 5.60. The summed E-state index contributed by atoms with van der Waals surface area (Å²) in [6.45, 7) is 11.5. The molecule has 2 unspecified atom stereocenters. The molecule has 0 aliphatic heterocycles. The topological polar surface area (TPSA) is 42.7 Å². The molecular weight excluding hydrogens is 248 g/mol. The Kier molecular flexibility index (Phi) is 4.55. The van der Waals surface area contributed by atoms with Crippen LogP contribution in [-0.2, 0) is 6.54 Å². The Bertz CT molecular complexity index is 537. The predicted octanol–water partition coefficient (Wildman–Crippen LogP) is 2.94. The Balaban J connectivity index is 2.06. The molecule has 4 nitrogen and oxygen atoms in total. The van der Waals surface area contributed by atoms with Crippen molar-refractivity contribution >= 4 is 0 Å². The van der Waals surface area contributed by atoms with Crippen LogP contribution in [0.1, 0.15) is 42.4 Å². The molecule has 20 heavy (non-hydrogen) atoms. The van der Waals surface area contributed by atoms with Crippen LogP contribution in [0.3, 0.4) is 0 Å². The van der Waals surface area contributed by atoms with Gasteiger partial charge in [0, 0.05) is 35.9 Å². The fraction of sp³-hybridized carbons (Fsp3) is 0.500. The Morgan fingerprint density at radius 1 is 1.25 bits per heavy atom. The molecular formula is C16H24N4. The molecule has 0 fully saturated rings. The van der Waals surface area contributed by atoms with Gasteiger partial charge in [-0.15, -0.1) is 0 Å². The SMILES string of the molecule is Cc1cc(C)c(C(C)NC(C)Cn2cccn2)c(C)n1. The van der Waals surface area contributed by atoms with Gasteiger partial charge in [0.2, 0.25) is 0 Å². The second kappa shape index (κ2) is 6.18. The first-order valence-electron chi connectivity index (χ1n) is 7.15. The molecule has 0 saturated heterocycles. The Hall–Kier alpha value is -1.68. The second-order valence-corrected chi connectivity index (χ2v) is 5.60. The number of pyridine rings is 1. The van der Waals surface area contributed by atoms with Gasteiger partial charge in [-0.05, 0) is 57.9 Å². The van der Waals surface area contributed by atoms with Gasteiger partial charge < -0.3 is 5.32 Å². The molecule has 2 aromatic rings. The van der Waals surface area contributed by atoms with Crippen molar-refractivity contribution in [2.45, 2.75) is 53.2 Å². The number of aromatic nitrogens is 3. The molecule has 2 aromatic heterocycles. The third-order valence-electron chi connectivity index (χ3n) is 3.57. The maximum atomic E-state index is 4.58. The van der Waals surface area contributed by atoms with Crippen molar-refractivity contribution in [3.8, 4) is 0 Å². The number of nitrogens with zero attached hydrogens (tertiary/aromatic N) is 3. The van der Waals surface area contributed by atoms with Crippen LogP contribution < -0.4 is 5.32 Å². The highest BCUT2D eigenvalue weighted by molar-refractivity contribution is 5.33. The van der Waals surface area contributed by atoms with E-state index < -0.39 is 0 Å². The molecule has 2 heterocycles. The minimum absolute atomic E-state index is 0.286. The average Bonchev–Trinajstić information content (AvgIpc) is 2.79. The monoisotopic (exact) mass is 272 g/mol. The molecule has 4 heteroatoms. The van der Waals surface area contributed by atoms with E-state index in [2.05, 4.69) is 49.2 Å². The molecule has 0 spiro atoms. The molecule has 0 aliphatic rings. The summed E-state index contributed by atoms with van der Waals surface area (Å²) in [6.07, 6.45) is 3.81. The van der Waals surface area contributed by atoms with Crippen LogP contribution in [0.25, 0.3) is 0 Å². The summed E-state index contributed by atoms with van der Waals surface area (Å²) in [5.41, 5.74) is 4.82. The van der Waals surface area contributed by atoms with Crippen LogP contribution in [0.2, 0.25) is 0 Å². The summed E-state index contributed by atoms with van der Waals surface area (Å²) in [6, 6.07) is 4.74. The standard InChI is InChI=1S/C16H24N4/c1-11-9-12(2)18-14(4)16(11)15(5)19-13(3)10-20-8-6-7-17-20/h6-9,13,15,19H,10H2,1-5H3. The maximum absolute atomic E-state index is 4.58. The maximum Gasteiger partial charge on any atom is 0.0560 e. The molecule has 0 saturated carbocycles. The normalized spacial score (nSPS) is 14.2. The Morgan fingerprint density at radius 2 is 2.00 bits per heavy atom. The fourth-order valence-corrected chi connectivity index (χ4v) is 2.94. The first kappa shape index (κ1) is 14.7. The molecule has 0 radical (unpaired) electrons. The van der Waals surface area contributed by atoms with Gasteiger partial charge in [0.25, 0.3) is 0 Å². The molecule has 2 rings (SSSR count). The first-order valence-corrected chi connectivity index (χ1v) is 7.15. The third-order valence-corrected chi connectivity index (χ3v) is 3.57. The van der Waals surface area contributed by atoms with Gasteiger partial charge in [0.15, 0.2) is 0 Å². The van der Waals surface area contributed by atoms with Crippen LogP contribution in [-0.4, -0.2) is 20.8 Å². The predicted molar refractivity (Wildman–Crippen MR) is 81.7 cm³/mol. The lowest BCUT2D eigenvalue weighted by molar-refractivity contribution is 0.411. The van der Waals surface area contributed by atoms with Crippen molar-refractivity contribution in [3.05, 3.63) is 47.0 Å². The fourth-order valence-electron chi connectivity index (χ4n) is 2.94. The van der Waals surface area contributed by atoms with E-state index in [9.17, 15) is 0 Å². The quantitative estimate of drug-likeness (QED) is 0.910. The van der Waals surface area contributed by atoms with Crippen molar-refractivity contribution in [2.75, 3.05) is 0 Å². The van der Waals surface area contributed by atoms with Gasteiger partial charge in [-0.25, -0.2) is 0 Å². The van der Waals surface area contributed by atoms with Crippen molar-refractivity contribution < 1.29 is 0 Å². The van der Waals surface area contributed by atoms with Crippen LogP contribution in [0.5, 0.6) is 0 Å². The number of hydrogen-bond donors (Lipinski definition) is 1. The van der Waals surface area contributed by atoms with E-state index in [1.165, 1.54) is 11.1 Å². The zero-order chi connectivity index (χ0) is 14.7. The van der Waals surface area contributed by atoms with E-state index in [1.54, 1.807) is 0 Å². The summed E-state index contributed by atoms with van der Waals surface area (Å²) in [5.74, 6) is 0. The zero-order valence-electron chi connectivity index (χ0n) is 13.0. The van der Waals surface area contributed by atoms with Crippen molar-refractivity contribution in [1.29, 1.82) is 0 Å². The molecule has 0 amide bonds. The molecule has 0 bridgehead atoms. The number of rotatable bonds is 5. The van der Waals surface area contributed by atoms with Crippen molar-refractivity contribution in [2.24, 2.45) is 0 Å². The van der Waals surface area contributed by atoms with Crippen molar-refractivity contribution in [1.82, 2.24) is 20.1 Å². The van der Waals surface area contributed by atoms with E-state index in [0.29, 0.717) is 6.04 Å². The number of nitrogens with one attached hydrogen (secondary N) is 1. The molecule has 108 valence electrons. The van der Waals surface area contributed by atoms with Crippen LogP contribution in [0, 0.1) is 20.8 Å². The molecule has 2 atom stereocenters. The van der Waals surface area contributed by atoms with Gasteiger partial charge in [-0.3, -0.25) is 9.67 Å². The minimum atomic E-state index is 0.286. The molecule has 0 aromatic carbocycles. The average molecular weight is 272 g/mol. The van der Waals surface area contributed by atoms with Gasteiger partial charge in [0.1, 0.15) is 0 Å². The molecule has 0 aliphatic carbocycles. The molecule has 1 N–H and O–H groups in total. The zero-order valence-corrected chi connectivity index (χ0v) is 13.0. The van der Waals surface area contributed by atoms with Crippen LogP contribution >= 0.6 is 0 Å². The lowest BCUT2D eigenvalue weighted by Crippen LogP contribution is -2.33. The minimum Gasteiger partial charge on any atom is -0.306 e. The highest BCUT2D eigenvalue weighted by atomic mass is 15.3. The lowest BCUT2D eigenvalue weighted by Gasteiger charge is -2.23. The summed E-state index contributed by atoms with van der Waals surface area (Å²) >= 11 is 0. The van der Waals surface area contributed by atoms with Gasteiger partial charge in [-0.1, -0.05) is 0 Å². The largest absolute Gasteiger partial charge is 0.306 e. The number of hydrogen-bond acceptors (Lipinski definition) is 3. The van der Waals surface area contributed by atoms with Gasteiger partial charge >= 0.3 is 0 Å². The summed E-state index contributed by atoms with van der Waals surface area (Å²) in [5, 5.41) is 7.88. The van der Waals surface area contributed by atoms with Gasteiger partial charge in [0.05, 0.1) is 6.54 Å². The third kappa shape index (κ3) is 3.45. The Labute approximate surface area is 121 Å². The highest BCUT2D eigenvalue weighted by Crippen LogP contribution is 2.21. The first-order chi connectivity index (χ1) is 9.47.